The number of H-pyrrole nitrogens is 1. The van der Waals surface area contributed by atoms with Gasteiger partial charge in [0.2, 0.25) is 11.8 Å². The van der Waals surface area contributed by atoms with E-state index in [0.717, 1.165) is 0 Å². The van der Waals surface area contributed by atoms with Gasteiger partial charge in [-0.1, -0.05) is 0 Å². The monoisotopic (exact) mass is 316 g/mol. The molecule has 0 bridgehead atoms. The average molecular weight is 316 g/mol. The lowest BCUT2D eigenvalue weighted by atomic mass is 10.1. The van der Waals surface area contributed by atoms with Gasteiger partial charge in [-0.25, -0.2) is 0 Å². The van der Waals surface area contributed by atoms with Crippen LogP contribution in [0.1, 0.15) is 22.7 Å². The van der Waals surface area contributed by atoms with Gasteiger partial charge in [0.1, 0.15) is 11.5 Å². The van der Waals surface area contributed by atoms with Crippen LogP contribution < -0.4 is 10.9 Å². The fraction of sp³-hybridized carbons (Fsp3) is 0.267. The summed E-state index contributed by atoms with van der Waals surface area (Å²) in [5.41, 5.74) is 5.01. The Bertz CT molecular complexity index is 693. The lowest BCUT2D eigenvalue weighted by Gasteiger charge is -2.15. The molecule has 0 saturated carbocycles. The Morgan fingerprint density at radius 1 is 1.30 bits per heavy atom. The lowest BCUT2D eigenvalue weighted by molar-refractivity contribution is -0.129. The zero-order chi connectivity index (χ0) is 16.2. The van der Waals surface area contributed by atoms with E-state index >= 15 is 0 Å². The van der Waals surface area contributed by atoms with Gasteiger partial charge in [0.05, 0.1) is 18.7 Å². The van der Waals surface area contributed by atoms with Crippen molar-refractivity contribution in [2.75, 3.05) is 6.54 Å². The smallest absolute Gasteiger partial charge is 0.286 e. The lowest BCUT2D eigenvalue weighted by Crippen LogP contribution is -2.45. The molecule has 1 atom stereocenters. The van der Waals surface area contributed by atoms with Crippen LogP contribution in [-0.4, -0.2) is 34.2 Å². The summed E-state index contributed by atoms with van der Waals surface area (Å²) in [6.45, 7) is 0.633. The van der Waals surface area contributed by atoms with Crippen molar-refractivity contribution in [1.82, 2.24) is 20.7 Å². The number of carbonyl (C=O) groups is 3. The first kappa shape index (κ1) is 14.9. The van der Waals surface area contributed by atoms with Crippen LogP contribution in [0, 0.1) is 5.92 Å². The van der Waals surface area contributed by atoms with Gasteiger partial charge in [0.25, 0.3) is 5.91 Å². The third kappa shape index (κ3) is 3.42. The minimum absolute atomic E-state index is 0.114. The van der Waals surface area contributed by atoms with Crippen LogP contribution in [0.4, 0.5) is 0 Å². The third-order valence-electron chi connectivity index (χ3n) is 3.65. The highest BCUT2D eigenvalue weighted by molar-refractivity contribution is 5.95. The minimum Gasteiger partial charge on any atom is -0.467 e. The van der Waals surface area contributed by atoms with Crippen LogP contribution in [0.5, 0.6) is 0 Å². The van der Waals surface area contributed by atoms with Gasteiger partial charge in [-0.15, -0.1) is 0 Å². The van der Waals surface area contributed by atoms with E-state index in [9.17, 15) is 14.4 Å². The van der Waals surface area contributed by atoms with E-state index in [4.69, 9.17) is 4.42 Å². The predicted molar refractivity (Wildman–Crippen MR) is 78.6 cm³/mol. The fourth-order valence-corrected chi connectivity index (χ4v) is 2.45. The molecule has 3 heterocycles. The van der Waals surface area contributed by atoms with Gasteiger partial charge < -0.3 is 14.3 Å². The summed E-state index contributed by atoms with van der Waals surface area (Å²) in [6.07, 6.45) is 3.26. The maximum atomic E-state index is 12.1. The number of likely N-dealkylation sites (tertiary alicyclic amines) is 1. The summed E-state index contributed by atoms with van der Waals surface area (Å²) >= 11 is 0. The number of rotatable bonds is 4. The number of nitrogens with one attached hydrogen (secondary N) is 3. The predicted octanol–water partition coefficient (Wildman–Crippen LogP) is 0.417. The Balaban J connectivity index is 1.50. The van der Waals surface area contributed by atoms with Crippen LogP contribution in [0.3, 0.4) is 0 Å². The molecule has 1 fully saturated rings. The molecule has 8 heteroatoms. The molecule has 1 aliphatic heterocycles. The van der Waals surface area contributed by atoms with Crippen molar-refractivity contribution in [2.24, 2.45) is 5.92 Å². The molecule has 0 aliphatic carbocycles. The second kappa shape index (κ2) is 6.39. The Morgan fingerprint density at radius 3 is 2.87 bits per heavy atom. The number of nitrogens with zero attached hydrogens (tertiary/aromatic N) is 1. The molecule has 0 aromatic carbocycles. The standard InChI is InChI=1S/C15H16N4O4/c20-13-7-10(8-19(13)9-11-3-2-6-23-11)14(21)17-18-15(22)12-4-1-5-16-12/h1-6,10,16H,7-9H2,(H,17,21)(H,18,22). The number of carbonyl (C=O) groups excluding carboxylic acids is 3. The van der Waals surface area contributed by atoms with Gasteiger partial charge in [-0.2, -0.15) is 0 Å². The molecule has 2 aromatic heterocycles. The summed E-state index contributed by atoms with van der Waals surface area (Å²) in [6, 6.07) is 6.79. The summed E-state index contributed by atoms with van der Waals surface area (Å²) in [7, 11) is 0. The number of aromatic amines is 1. The highest BCUT2D eigenvalue weighted by atomic mass is 16.3. The second-order valence-electron chi connectivity index (χ2n) is 5.28. The minimum atomic E-state index is -0.499. The topological polar surface area (TPSA) is 107 Å². The van der Waals surface area contributed by atoms with E-state index in [0.29, 0.717) is 24.5 Å². The van der Waals surface area contributed by atoms with Crippen LogP contribution in [0.25, 0.3) is 0 Å². The third-order valence-corrected chi connectivity index (χ3v) is 3.65. The van der Waals surface area contributed by atoms with Crippen molar-refractivity contribution in [3.05, 3.63) is 48.2 Å². The molecule has 8 nitrogen and oxygen atoms in total. The Hall–Kier alpha value is -3.03. The number of hydrogen-bond donors (Lipinski definition) is 3. The zero-order valence-electron chi connectivity index (χ0n) is 12.2. The number of hydrazine groups is 1. The number of furan rings is 1. The van der Waals surface area contributed by atoms with Crippen molar-refractivity contribution in [3.8, 4) is 0 Å². The van der Waals surface area contributed by atoms with Gasteiger partial charge >= 0.3 is 0 Å². The summed E-state index contributed by atoms with van der Waals surface area (Å²) in [5, 5.41) is 0. The molecular formula is C15H16N4O4. The van der Waals surface area contributed by atoms with E-state index in [-0.39, 0.29) is 18.2 Å². The number of hydrogen-bond acceptors (Lipinski definition) is 4. The van der Waals surface area contributed by atoms with Gasteiger partial charge in [0, 0.05) is 19.2 Å². The van der Waals surface area contributed by atoms with Gasteiger partial charge in [-0.3, -0.25) is 25.2 Å². The Labute approximate surface area is 131 Å². The Kier molecular flexibility index (Phi) is 4.13. The summed E-state index contributed by atoms with van der Waals surface area (Å²) in [5.74, 6) is -0.779. The first-order chi connectivity index (χ1) is 11.1. The molecule has 23 heavy (non-hydrogen) atoms. The van der Waals surface area contributed by atoms with Crippen molar-refractivity contribution >= 4 is 17.7 Å². The van der Waals surface area contributed by atoms with Crippen LogP contribution in [0.15, 0.2) is 41.1 Å². The Morgan fingerprint density at radius 2 is 2.17 bits per heavy atom. The largest absolute Gasteiger partial charge is 0.467 e. The average Bonchev–Trinajstić information content (AvgIpc) is 3.27. The highest BCUT2D eigenvalue weighted by Crippen LogP contribution is 2.20. The van der Waals surface area contributed by atoms with Crippen molar-refractivity contribution < 1.29 is 18.8 Å². The summed E-state index contributed by atoms with van der Waals surface area (Å²) < 4.78 is 5.20. The highest BCUT2D eigenvalue weighted by Gasteiger charge is 2.34. The molecule has 0 radical (unpaired) electrons. The maximum Gasteiger partial charge on any atom is 0.286 e. The molecule has 2 aromatic rings. The molecule has 1 unspecified atom stereocenters. The van der Waals surface area contributed by atoms with Gasteiger partial charge in [0.15, 0.2) is 0 Å². The van der Waals surface area contributed by atoms with E-state index in [1.54, 1.807) is 35.4 Å². The molecule has 3 N–H and O–H groups in total. The number of amides is 3. The van der Waals surface area contributed by atoms with Crippen molar-refractivity contribution in [1.29, 1.82) is 0 Å². The molecule has 1 saturated heterocycles. The molecule has 0 spiro atoms. The first-order valence-corrected chi connectivity index (χ1v) is 7.17. The molecule has 120 valence electrons. The first-order valence-electron chi connectivity index (χ1n) is 7.17. The normalized spacial score (nSPS) is 17.3. The van der Waals surface area contributed by atoms with E-state index in [1.165, 1.54) is 6.26 Å². The number of aromatic nitrogens is 1. The molecular weight excluding hydrogens is 300 g/mol. The maximum absolute atomic E-state index is 12.1. The van der Waals surface area contributed by atoms with Crippen molar-refractivity contribution in [2.45, 2.75) is 13.0 Å². The van der Waals surface area contributed by atoms with Crippen LogP contribution in [0.2, 0.25) is 0 Å². The van der Waals surface area contributed by atoms with Crippen LogP contribution in [-0.2, 0) is 16.1 Å². The van der Waals surface area contributed by atoms with E-state index < -0.39 is 11.8 Å². The summed E-state index contributed by atoms with van der Waals surface area (Å²) in [4.78, 5) is 40.0. The van der Waals surface area contributed by atoms with E-state index in [1.807, 2.05) is 0 Å². The van der Waals surface area contributed by atoms with Crippen LogP contribution >= 0.6 is 0 Å². The second-order valence-corrected chi connectivity index (χ2v) is 5.28. The van der Waals surface area contributed by atoms with Gasteiger partial charge in [-0.05, 0) is 24.3 Å². The SMILES string of the molecule is O=C(NNC(=O)C1CC(=O)N(Cc2ccco2)C1)c1ccc[nH]1. The fourth-order valence-electron chi connectivity index (χ4n) is 2.45. The molecule has 3 rings (SSSR count). The van der Waals surface area contributed by atoms with Crippen molar-refractivity contribution in [3.63, 3.8) is 0 Å². The molecule has 1 aliphatic rings. The quantitative estimate of drug-likeness (QED) is 0.710. The molecule has 3 amide bonds. The van der Waals surface area contributed by atoms with E-state index in [2.05, 4.69) is 15.8 Å². The zero-order valence-corrected chi connectivity index (χ0v) is 12.2.